The number of carbonyl (C=O) groups is 1. The van der Waals surface area contributed by atoms with Gasteiger partial charge in [-0.3, -0.25) is 4.79 Å². The van der Waals surface area contributed by atoms with Crippen molar-refractivity contribution in [2.45, 2.75) is 12.8 Å². The van der Waals surface area contributed by atoms with Crippen molar-refractivity contribution in [1.82, 2.24) is 0 Å². The van der Waals surface area contributed by atoms with Gasteiger partial charge in [-0.2, -0.15) is 4.79 Å². The van der Waals surface area contributed by atoms with Crippen LogP contribution in [0.2, 0.25) is 0 Å². The Morgan fingerprint density at radius 3 is 3.00 bits per heavy atom. The zero-order valence-corrected chi connectivity index (χ0v) is 11.2. The maximum atomic E-state index is 11.7. The summed E-state index contributed by atoms with van der Waals surface area (Å²) in [5.41, 5.74) is 9.46. The third-order valence-electron chi connectivity index (χ3n) is 2.42. The van der Waals surface area contributed by atoms with Crippen molar-refractivity contribution in [1.29, 1.82) is 0 Å². The van der Waals surface area contributed by atoms with Crippen molar-refractivity contribution < 1.29 is 14.3 Å². The quantitative estimate of drug-likeness (QED) is 0.145. The van der Waals surface area contributed by atoms with E-state index < -0.39 is 0 Å². The van der Waals surface area contributed by atoms with Crippen molar-refractivity contribution >= 4 is 12.0 Å². The van der Waals surface area contributed by atoms with Gasteiger partial charge in [-0.25, -0.2) is 0 Å². The van der Waals surface area contributed by atoms with Crippen LogP contribution in [0.4, 0.5) is 0 Å². The average Bonchev–Trinajstić information content (AvgIpc) is 2.47. The molecule has 0 heterocycles. The van der Waals surface area contributed by atoms with E-state index in [9.17, 15) is 4.79 Å². The normalized spacial score (nSPS) is 9.00. The van der Waals surface area contributed by atoms with Crippen LogP contribution in [0.5, 0.6) is 0 Å². The minimum Gasteiger partial charge on any atom is -0.377 e. The molecule has 0 unspecified atom stereocenters. The summed E-state index contributed by atoms with van der Waals surface area (Å²) < 4.78 is 5.24. The van der Waals surface area contributed by atoms with Crippen molar-refractivity contribution in [3.63, 3.8) is 0 Å². The number of hydrogen-bond acceptors (Lipinski definition) is 2. The Hall–Kier alpha value is -2.47. The number of nitrogens with zero attached hydrogens (tertiary/aromatic N) is 2. The fraction of sp³-hybridized carbons (Fsp3) is 0.250. The Labute approximate surface area is 118 Å². The summed E-state index contributed by atoms with van der Waals surface area (Å²) in [6.07, 6.45) is 4.09. The molecule has 0 aliphatic heterocycles. The molecule has 1 aromatic rings. The molecule has 4 heteroatoms. The third-order valence-corrected chi connectivity index (χ3v) is 2.42. The first kappa shape index (κ1) is 15.6. The molecule has 0 spiro atoms. The molecule has 0 fully saturated rings. The highest BCUT2D eigenvalue weighted by Crippen LogP contribution is 2.07. The first-order valence-electron chi connectivity index (χ1n) is 6.28. The molecule has 0 atom stereocenters. The number of hydrogen-bond donors (Lipinski definition) is 0. The van der Waals surface area contributed by atoms with Crippen molar-refractivity contribution in [2.75, 3.05) is 13.2 Å². The zero-order valence-electron chi connectivity index (χ0n) is 11.2. The summed E-state index contributed by atoms with van der Waals surface area (Å²) >= 11 is 0. The molecule has 0 radical (unpaired) electrons. The first-order chi connectivity index (χ1) is 9.79. The maximum Gasteiger partial charge on any atom is 0.328 e. The van der Waals surface area contributed by atoms with Gasteiger partial charge in [0.15, 0.2) is 0 Å². The zero-order chi connectivity index (χ0) is 14.6. The van der Waals surface area contributed by atoms with E-state index in [1.807, 2.05) is 6.07 Å². The summed E-state index contributed by atoms with van der Waals surface area (Å²) in [7, 11) is 0. The summed E-state index contributed by atoms with van der Waals surface area (Å²) in [4.78, 5) is 14.4. The van der Waals surface area contributed by atoms with Gasteiger partial charge in [-0.05, 0) is 18.6 Å². The van der Waals surface area contributed by atoms with Gasteiger partial charge in [0.1, 0.15) is 0 Å². The molecule has 0 bridgehead atoms. The number of unbranched alkanes of at least 4 members (excludes halogenated alkanes) is 1. The molecule has 0 N–H and O–H groups in total. The molecule has 0 saturated carbocycles. The van der Waals surface area contributed by atoms with Crippen LogP contribution < -0.4 is 0 Å². The highest BCUT2D eigenvalue weighted by Gasteiger charge is 2.10. The fourth-order valence-corrected chi connectivity index (χ4v) is 1.52. The molecule has 0 amide bonds. The second-order valence-electron chi connectivity index (χ2n) is 3.92. The van der Waals surface area contributed by atoms with E-state index >= 15 is 0 Å². The molecular weight excluding hydrogens is 252 g/mol. The number of Topliss-reactive ketones (excluding diaryl/α,β-unsaturated/α-hetero) is 1. The SMILES string of the molecule is C=CCOCCCC#Cc1ccccc1C(=O)C=[N+]=[N-]. The van der Waals surface area contributed by atoms with E-state index in [4.69, 9.17) is 10.3 Å². The minimum atomic E-state index is -0.369. The van der Waals surface area contributed by atoms with E-state index in [1.165, 1.54) is 0 Å². The Morgan fingerprint density at radius 1 is 1.45 bits per heavy atom. The van der Waals surface area contributed by atoms with Gasteiger partial charge in [0.25, 0.3) is 5.78 Å². The molecule has 20 heavy (non-hydrogen) atoms. The molecule has 0 aromatic heterocycles. The van der Waals surface area contributed by atoms with Gasteiger partial charge in [-0.1, -0.05) is 30.0 Å². The van der Waals surface area contributed by atoms with Gasteiger partial charge in [0.05, 0.1) is 6.61 Å². The smallest absolute Gasteiger partial charge is 0.328 e. The Morgan fingerprint density at radius 2 is 2.25 bits per heavy atom. The van der Waals surface area contributed by atoms with Crippen molar-refractivity contribution in [2.24, 2.45) is 0 Å². The van der Waals surface area contributed by atoms with Crippen LogP contribution in [0.1, 0.15) is 28.8 Å². The molecule has 0 aliphatic carbocycles. The average molecular weight is 268 g/mol. The van der Waals surface area contributed by atoms with Gasteiger partial charge in [0, 0.05) is 24.2 Å². The second-order valence-corrected chi connectivity index (χ2v) is 3.92. The van der Waals surface area contributed by atoms with Gasteiger partial charge >= 0.3 is 6.21 Å². The van der Waals surface area contributed by atoms with Crippen LogP contribution in [0.25, 0.3) is 5.53 Å². The van der Waals surface area contributed by atoms with E-state index in [0.29, 0.717) is 30.8 Å². The predicted molar refractivity (Wildman–Crippen MR) is 77.6 cm³/mol. The molecular formula is C16H16N2O2. The van der Waals surface area contributed by atoms with Gasteiger partial charge in [-0.15, -0.1) is 6.58 Å². The summed E-state index contributed by atoms with van der Waals surface area (Å²) in [5.74, 6) is 5.59. The molecule has 102 valence electrons. The lowest BCUT2D eigenvalue weighted by atomic mass is 10.0. The second kappa shape index (κ2) is 9.46. The summed E-state index contributed by atoms with van der Waals surface area (Å²) in [5, 5.41) is 0. The topological polar surface area (TPSA) is 62.7 Å². The largest absolute Gasteiger partial charge is 0.377 e. The van der Waals surface area contributed by atoms with Gasteiger partial charge < -0.3 is 10.3 Å². The lowest BCUT2D eigenvalue weighted by Gasteiger charge is -1.98. The molecule has 1 rings (SSSR count). The third kappa shape index (κ3) is 5.45. The number of ketones is 1. The van der Waals surface area contributed by atoms with Crippen LogP contribution >= 0.6 is 0 Å². The number of benzene rings is 1. The fourth-order valence-electron chi connectivity index (χ4n) is 1.52. The van der Waals surface area contributed by atoms with E-state index in [0.717, 1.165) is 12.6 Å². The van der Waals surface area contributed by atoms with Crippen LogP contribution in [0.3, 0.4) is 0 Å². The predicted octanol–water partition coefficient (Wildman–Crippen LogP) is 2.50. The molecule has 0 aliphatic rings. The van der Waals surface area contributed by atoms with E-state index in [1.54, 1.807) is 24.3 Å². The van der Waals surface area contributed by atoms with E-state index in [-0.39, 0.29) is 5.78 Å². The van der Waals surface area contributed by atoms with Gasteiger partial charge in [0.2, 0.25) is 0 Å². The molecule has 1 aromatic carbocycles. The Kier molecular flexibility index (Phi) is 7.37. The van der Waals surface area contributed by atoms with Crippen molar-refractivity contribution in [3.8, 4) is 11.8 Å². The minimum absolute atomic E-state index is 0.369. The highest BCUT2D eigenvalue weighted by atomic mass is 16.5. The van der Waals surface area contributed by atoms with Crippen molar-refractivity contribution in [3.05, 3.63) is 53.6 Å². The van der Waals surface area contributed by atoms with E-state index in [2.05, 4.69) is 23.2 Å². The number of rotatable bonds is 7. The number of ether oxygens (including phenoxy) is 1. The Balaban J connectivity index is 2.62. The van der Waals surface area contributed by atoms with Crippen LogP contribution in [-0.2, 0) is 4.74 Å². The standard InChI is InChI=1S/C16H16N2O2/c1-2-11-20-12-7-3-4-8-14-9-5-6-10-15(14)16(19)13-18-17/h2,5-6,9-10,13H,1,3,7,11-12H2. The lowest BCUT2D eigenvalue weighted by molar-refractivity contribution is 0.00234. The molecule has 0 saturated heterocycles. The number of carbonyl (C=O) groups excluding carboxylic acids is 1. The summed E-state index contributed by atoms with van der Waals surface area (Å²) in [6.45, 7) is 4.75. The monoisotopic (exact) mass is 268 g/mol. The van der Waals surface area contributed by atoms with Crippen LogP contribution in [0, 0.1) is 11.8 Å². The highest BCUT2D eigenvalue weighted by molar-refractivity contribution is 6.34. The summed E-state index contributed by atoms with van der Waals surface area (Å²) in [6, 6.07) is 6.97. The van der Waals surface area contributed by atoms with Crippen LogP contribution in [-0.4, -0.2) is 30.0 Å². The lowest BCUT2D eigenvalue weighted by Crippen LogP contribution is -2.03. The van der Waals surface area contributed by atoms with Crippen LogP contribution in [0.15, 0.2) is 36.9 Å². The molecule has 4 nitrogen and oxygen atoms in total. The first-order valence-corrected chi connectivity index (χ1v) is 6.28. The Bertz CT molecular complexity index is 576. The maximum absolute atomic E-state index is 11.7.